The Kier molecular flexibility index (Phi) is 5.58. The standard InChI is InChI=1S/C22H24N4O3S2/c1-14-6-4-10-25-18(14)23-19(24-8-2-3-9-24)16(20(25)27)12-17-21(28)26(22(30)31-17)13-15-7-5-11-29-15/h4,6,10,12,15H,2-3,5,7-9,11,13H2,1H3/b17-12-/t15-/m1/s1. The first kappa shape index (κ1) is 20.7. The molecule has 3 saturated heterocycles. The third-order valence-electron chi connectivity index (χ3n) is 6.03. The van der Waals surface area contributed by atoms with Crippen LogP contribution in [-0.2, 0) is 9.53 Å². The van der Waals surface area contributed by atoms with Gasteiger partial charge >= 0.3 is 0 Å². The van der Waals surface area contributed by atoms with Crippen LogP contribution in [-0.4, -0.2) is 56.9 Å². The van der Waals surface area contributed by atoms with Crippen molar-refractivity contribution in [1.29, 1.82) is 0 Å². The third kappa shape index (κ3) is 3.79. The Bertz CT molecular complexity index is 1150. The first-order chi connectivity index (χ1) is 15.0. The van der Waals surface area contributed by atoms with E-state index >= 15 is 0 Å². The molecule has 2 aromatic heterocycles. The van der Waals surface area contributed by atoms with Crippen LogP contribution in [0.1, 0.15) is 36.8 Å². The van der Waals surface area contributed by atoms with Gasteiger partial charge in [0.05, 0.1) is 23.1 Å². The molecule has 162 valence electrons. The van der Waals surface area contributed by atoms with E-state index in [0.717, 1.165) is 50.9 Å². The molecule has 0 bridgehead atoms. The zero-order valence-electron chi connectivity index (χ0n) is 17.4. The number of hydrogen-bond acceptors (Lipinski definition) is 7. The van der Waals surface area contributed by atoms with Crippen molar-refractivity contribution in [1.82, 2.24) is 14.3 Å². The van der Waals surface area contributed by atoms with Gasteiger partial charge in [0.15, 0.2) is 0 Å². The average molecular weight is 457 g/mol. The second-order valence-corrected chi connectivity index (χ2v) is 9.84. The minimum Gasteiger partial charge on any atom is -0.376 e. The molecule has 5 heterocycles. The number of fused-ring (bicyclic) bond motifs is 1. The zero-order valence-corrected chi connectivity index (χ0v) is 19.0. The molecule has 3 aliphatic heterocycles. The van der Waals surface area contributed by atoms with E-state index in [0.29, 0.717) is 32.8 Å². The van der Waals surface area contributed by atoms with Gasteiger partial charge in [-0.25, -0.2) is 4.98 Å². The largest absolute Gasteiger partial charge is 0.376 e. The molecule has 0 aromatic carbocycles. The quantitative estimate of drug-likeness (QED) is 0.518. The number of aromatic nitrogens is 2. The summed E-state index contributed by atoms with van der Waals surface area (Å²) in [5.74, 6) is 0.493. The lowest BCUT2D eigenvalue weighted by Crippen LogP contribution is -2.35. The molecule has 0 N–H and O–H groups in total. The number of ether oxygens (including phenoxy) is 1. The van der Waals surface area contributed by atoms with E-state index in [1.54, 1.807) is 21.6 Å². The van der Waals surface area contributed by atoms with E-state index in [9.17, 15) is 9.59 Å². The van der Waals surface area contributed by atoms with E-state index in [2.05, 4.69) is 4.90 Å². The van der Waals surface area contributed by atoms with Gasteiger partial charge < -0.3 is 9.64 Å². The van der Waals surface area contributed by atoms with Crippen LogP contribution in [0.2, 0.25) is 0 Å². The second-order valence-electron chi connectivity index (χ2n) is 8.16. The van der Waals surface area contributed by atoms with Crippen molar-refractivity contribution in [2.75, 3.05) is 31.1 Å². The molecule has 2 aromatic rings. The summed E-state index contributed by atoms with van der Waals surface area (Å²) in [5.41, 5.74) is 1.87. The number of rotatable bonds is 4. The van der Waals surface area contributed by atoms with Crippen molar-refractivity contribution in [2.24, 2.45) is 0 Å². The maximum absolute atomic E-state index is 13.5. The van der Waals surface area contributed by atoms with E-state index in [-0.39, 0.29) is 17.6 Å². The lowest BCUT2D eigenvalue weighted by molar-refractivity contribution is -0.123. The minimum absolute atomic E-state index is 0.0259. The Morgan fingerprint density at radius 1 is 1.29 bits per heavy atom. The molecular weight excluding hydrogens is 432 g/mol. The van der Waals surface area contributed by atoms with Crippen LogP contribution in [0.25, 0.3) is 11.7 Å². The van der Waals surface area contributed by atoms with Crippen LogP contribution >= 0.6 is 24.0 Å². The maximum atomic E-state index is 13.5. The van der Waals surface area contributed by atoms with Crippen molar-refractivity contribution >= 4 is 51.7 Å². The van der Waals surface area contributed by atoms with Crippen LogP contribution < -0.4 is 10.5 Å². The van der Waals surface area contributed by atoms with Crippen molar-refractivity contribution < 1.29 is 9.53 Å². The van der Waals surface area contributed by atoms with Crippen molar-refractivity contribution in [3.05, 3.63) is 44.7 Å². The first-order valence-corrected chi connectivity index (χ1v) is 11.9. The van der Waals surface area contributed by atoms with Crippen LogP contribution in [0.3, 0.4) is 0 Å². The van der Waals surface area contributed by atoms with Gasteiger partial charge in [0.1, 0.15) is 15.8 Å². The Labute approximate surface area is 190 Å². The Balaban J connectivity index is 1.57. The van der Waals surface area contributed by atoms with Crippen LogP contribution in [0, 0.1) is 6.92 Å². The molecule has 0 aliphatic carbocycles. The van der Waals surface area contributed by atoms with Crippen molar-refractivity contribution in [3.8, 4) is 0 Å². The Morgan fingerprint density at radius 3 is 2.84 bits per heavy atom. The smallest absolute Gasteiger partial charge is 0.267 e. The third-order valence-corrected chi connectivity index (χ3v) is 7.41. The van der Waals surface area contributed by atoms with Crippen molar-refractivity contribution in [3.63, 3.8) is 0 Å². The fraction of sp³-hybridized carbons (Fsp3) is 0.455. The van der Waals surface area contributed by atoms with E-state index in [1.165, 1.54) is 11.8 Å². The molecule has 31 heavy (non-hydrogen) atoms. The average Bonchev–Trinajstić information content (AvgIpc) is 3.51. The fourth-order valence-corrected chi connectivity index (χ4v) is 5.63. The molecular formula is C22H24N4O3S2. The van der Waals surface area contributed by atoms with Gasteiger partial charge in [-0.2, -0.15) is 0 Å². The van der Waals surface area contributed by atoms with Gasteiger partial charge in [-0.05, 0) is 50.3 Å². The number of thiocarbonyl (C=S) groups is 1. The lowest BCUT2D eigenvalue weighted by atomic mass is 10.2. The highest BCUT2D eigenvalue weighted by Gasteiger charge is 2.35. The molecule has 9 heteroatoms. The highest BCUT2D eigenvalue weighted by Crippen LogP contribution is 2.34. The van der Waals surface area contributed by atoms with Crippen LogP contribution in [0.15, 0.2) is 28.0 Å². The van der Waals surface area contributed by atoms with Gasteiger partial charge in [-0.1, -0.05) is 30.0 Å². The molecule has 3 aliphatic rings. The maximum Gasteiger partial charge on any atom is 0.267 e. The highest BCUT2D eigenvalue weighted by atomic mass is 32.2. The summed E-state index contributed by atoms with van der Waals surface area (Å²) in [7, 11) is 0. The van der Waals surface area contributed by atoms with Gasteiger partial charge in [-0.3, -0.25) is 18.9 Å². The number of carbonyl (C=O) groups excluding carboxylic acids is 1. The number of anilines is 1. The van der Waals surface area contributed by atoms with Crippen LogP contribution in [0.4, 0.5) is 5.82 Å². The molecule has 1 atom stereocenters. The predicted molar refractivity (Wildman–Crippen MR) is 126 cm³/mol. The van der Waals surface area contributed by atoms with Gasteiger partial charge in [0.2, 0.25) is 0 Å². The first-order valence-electron chi connectivity index (χ1n) is 10.7. The molecule has 1 amide bonds. The SMILES string of the molecule is Cc1cccn2c(=O)c(/C=C3\SC(=S)N(C[C@H]4CCCO4)C3=O)c(N3CCCC3)nc12. The van der Waals surface area contributed by atoms with E-state index < -0.39 is 0 Å². The fourth-order valence-electron chi connectivity index (χ4n) is 4.38. The van der Waals surface area contributed by atoms with E-state index in [1.807, 2.05) is 19.1 Å². The summed E-state index contributed by atoms with van der Waals surface area (Å²) >= 11 is 6.72. The number of amides is 1. The van der Waals surface area contributed by atoms with Crippen molar-refractivity contribution in [2.45, 2.75) is 38.7 Å². The molecule has 3 fully saturated rings. The topological polar surface area (TPSA) is 67.2 Å². The number of thioether (sulfide) groups is 1. The van der Waals surface area contributed by atoms with E-state index in [4.69, 9.17) is 21.9 Å². The lowest BCUT2D eigenvalue weighted by Gasteiger charge is -2.20. The molecule has 0 saturated carbocycles. The van der Waals surface area contributed by atoms with Gasteiger partial charge in [0.25, 0.3) is 11.5 Å². The summed E-state index contributed by atoms with van der Waals surface area (Å²) in [4.78, 5) is 35.7. The summed E-state index contributed by atoms with van der Waals surface area (Å²) in [6, 6.07) is 3.79. The molecule has 0 spiro atoms. The molecule has 7 nitrogen and oxygen atoms in total. The minimum atomic E-state index is -0.167. The highest BCUT2D eigenvalue weighted by molar-refractivity contribution is 8.26. The zero-order chi connectivity index (χ0) is 21.5. The number of hydrogen-bond donors (Lipinski definition) is 0. The number of aryl methyl sites for hydroxylation is 1. The van der Waals surface area contributed by atoms with Gasteiger partial charge in [-0.15, -0.1) is 0 Å². The predicted octanol–water partition coefficient (Wildman–Crippen LogP) is 2.98. The number of carbonyl (C=O) groups is 1. The summed E-state index contributed by atoms with van der Waals surface area (Å²) in [5, 5.41) is 0. The number of nitrogens with zero attached hydrogens (tertiary/aromatic N) is 4. The Morgan fingerprint density at radius 2 is 2.10 bits per heavy atom. The normalized spacial score (nSPS) is 23.1. The summed E-state index contributed by atoms with van der Waals surface area (Å²) in [6.45, 7) is 4.86. The second kappa shape index (κ2) is 8.37. The van der Waals surface area contributed by atoms with Crippen LogP contribution in [0.5, 0.6) is 0 Å². The molecule has 0 radical (unpaired) electrons. The summed E-state index contributed by atoms with van der Waals surface area (Å²) < 4.78 is 7.75. The molecule has 0 unspecified atom stereocenters. The Hall–Kier alpha value is -2.23. The molecule has 5 rings (SSSR count). The number of pyridine rings is 1. The summed E-state index contributed by atoms with van der Waals surface area (Å²) in [6.07, 6.45) is 7.52. The van der Waals surface area contributed by atoms with Gasteiger partial charge in [0, 0.05) is 25.9 Å². The monoisotopic (exact) mass is 456 g/mol.